The van der Waals surface area contributed by atoms with Crippen LogP contribution in [-0.4, -0.2) is 13.0 Å². The molecule has 2 heteroatoms. The van der Waals surface area contributed by atoms with E-state index >= 15 is 0 Å². The van der Waals surface area contributed by atoms with E-state index in [0.29, 0.717) is 0 Å². The predicted molar refractivity (Wildman–Crippen MR) is 76.8 cm³/mol. The van der Waals surface area contributed by atoms with E-state index in [9.17, 15) is 5.11 Å². The fraction of sp³-hybridized carbons (Fsp3) is 0.625. The lowest BCUT2D eigenvalue weighted by atomic mass is 9.67. The van der Waals surface area contributed by atoms with Gasteiger partial charge in [-0.05, 0) is 42.5 Å². The summed E-state index contributed by atoms with van der Waals surface area (Å²) in [6, 6.07) is 8.18. The van der Waals surface area contributed by atoms with Crippen molar-refractivity contribution in [2.24, 2.45) is 5.92 Å². The maximum absolute atomic E-state index is 10.7. The second kappa shape index (κ2) is 4.73. The monoisotopic (exact) mass is 242 g/mol. The highest BCUT2D eigenvalue weighted by atomic mass is 16.3. The molecule has 96 valence electrons. The van der Waals surface area contributed by atoms with Crippen LogP contribution < -0.4 is 0 Å². The summed E-state index contributed by atoms with van der Waals surface area (Å²) < 4.78 is 0. The molecule has 2 radical (unpaired) electrons. The Morgan fingerprint density at radius 2 is 1.67 bits per heavy atom. The van der Waals surface area contributed by atoms with E-state index in [4.69, 9.17) is 7.85 Å². The molecule has 1 aliphatic rings. The molecule has 0 amide bonds. The minimum atomic E-state index is -0.621. The van der Waals surface area contributed by atoms with Crippen molar-refractivity contribution in [3.63, 3.8) is 0 Å². The van der Waals surface area contributed by atoms with Crippen LogP contribution >= 0.6 is 0 Å². The van der Waals surface area contributed by atoms with E-state index < -0.39 is 5.60 Å². The zero-order valence-corrected chi connectivity index (χ0v) is 11.7. The smallest absolute Gasteiger partial charge is 0.0896 e. The molecule has 0 unspecified atom stereocenters. The average molecular weight is 242 g/mol. The third-order valence-electron chi connectivity index (χ3n) is 4.27. The second-order valence-electron chi connectivity index (χ2n) is 6.51. The van der Waals surface area contributed by atoms with Gasteiger partial charge in [-0.1, -0.05) is 50.6 Å². The molecule has 1 aromatic rings. The van der Waals surface area contributed by atoms with Gasteiger partial charge < -0.3 is 5.11 Å². The first-order valence-electron chi connectivity index (χ1n) is 6.93. The fourth-order valence-corrected chi connectivity index (χ4v) is 2.74. The maximum Gasteiger partial charge on any atom is 0.0896 e. The van der Waals surface area contributed by atoms with Gasteiger partial charge in [-0.25, -0.2) is 0 Å². The van der Waals surface area contributed by atoms with Crippen LogP contribution in [0.15, 0.2) is 24.3 Å². The molecule has 1 aromatic carbocycles. The van der Waals surface area contributed by atoms with Crippen LogP contribution in [-0.2, 0) is 10.9 Å². The number of rotatable bonds is 2. The molecule has 0 spiro atoms. The Morgan fingerprint density at radius 1 is 1.17 bits per heavy atom. The van der Waals surface area contributed by atoms with Crippen LogP contribution in [0.4, 0.5) is 0 Å². The molecule has 0 aliphatic heterocycles. The van der Waals surface area contributed by atoms with Crippen LogP contribution in [0.5, 0.6) is 0 Å². The third-order valence-corrected chi connectivity index (χ3v) is 4.27. The van der Waals surface area contributed by atoms with Gasteiger partial charge in [0.05, 0.1) is 13.4 Å². The van der Waals surface area contributed by atoms with Crippen LogP contribution in [0.1, 0.15) is 57.6 Å². The number of aliphatic hydroxyl groups is 1. The molecule has 1 aliphatic carbocycles. The molecule has 1 fully saturated rings. The lowest BCUT2D eigenvalue weighted by molar-refractivity contribution is -0.0120. The zero-order chi connectivity index (χ0) is 13.4. The summed E-state index contributed by atoms with van der Waals surface area (Å²) in [5, 5.41) is 10.4. The van der Waals surface area contributed by atoms with Gasteiger partial charge in [0.15, 0.2) is 0 Å². The Hall–Kier alpha value is -0.755. The largest absolute Gasteiger partial charge is 0.385 e. The molecule has 0 aromatic heterocycles. The van der Waals surface area contributed by atoms with Crippen molar-refractivity contribution in [1.29, 1.82) is 0 Å². The summed E-state index contributed by atoms with van der Waals surface area (Å²) in [5.41, 5.74) is 1.53. The highest BCUT2D eigenvalue weighted by Gasteiger charge is 2.33. The maximum atomic E-state index is 10.7. The van der Waals surface area contributed by atoms with Crippen molar-refractivity contribution >= 4 is 7.85 Å². The topological polar surface area (TPSA) is 20.2 Å². The lowest BCUT2D eigenvalue weighted by Gasteiger charge is -2.35. The van der Waals surface area contributed by atoms with Gasteiger partial charge in [-0.3, -0.25) is 0 Å². The van der Waals surface area contributed by atoms with Crippen molar-refractivity contribution in [2.75, 3.05) is 0 Å². The van der Waals surface area contributed by atoms with Crippen LogP contribution in [0.3, 0.4) is 0 Å². The summed E-state index contributed by atoms with van der Waals surface area (Å²) in [7, 11) is 6.07. The van der Waals surface area contributed by atoms with E-state index in [1.807, 2.05) is 38.1 Å². The predicted octanol–water partition coefficient (Wildman–Crippen LogP) is 3.49. The van der Waals surface area contributed by atoms with Gasteiger partial charge in [0.2, 0.25) is 0 Å². The molecule has 0 heterocycles. The third kappa shape index (κ3) is 2.80. The zero-order valence-electron chi connectivity index (χ0n) is 11.7. The van der Waals surface area contributed by atoms with Crippen molar-refractivity contribution in [2.45, 2.75) is 57.4 Å². The minimum Gasteiger partial charge on any atom is -0.385 e. The lowest BCUT2D eigenvalue weighted by Crippen LogP contribution is -2.31. The molecule has 1 N–H and O–H groups in total. The number of hydrogen-bond acceptors (Lipinski definition) is 1. The number of hydrogen-bond donors (Lipinski definition) is 1. The summed E-state index contributed by atoms with van der Waals surface area (Å²) in [4.78, 5) is 0. The first-order chi connectivity index (χ1) is 8.31. The summed E-state index contributed by atoms with van der Waals surface area (Å²) in [6.07, 6.45) is 3.97. The minimum absolute atomic E-state index is 0.317. The van der Waals surface area contributed by atoms with Gasteiger partial charge in [0, 0.05) is 0 Å². The highest BCUT2D eigenvalue weighted by molar-refractivity contribution is 6.15. The van der Waals surface area contributed by atoms with E-state index in [2.05, 4.69) is 6.92 Å². The quantitative estimate of drug-likeness (QED) is 0.787. The first kappa shape index (κ1) is 13.7. The Balaban J connectivity index is 2.19. The van der Waals surface area contributed by atoms with Gasteiger partial charge >= 0.3 is 0 Å². The standard InChI is InChI=1S/C16H23BO/c1-12-8-10-16(18,11-9-12)14-6-4-13(5-7-14)15(2,3)17/h4-7,12,18H,8-11H2,1-3H3. The Bertz CT molecular complexity index is 394. The summed E-state index contributed by atoms with van der Waals surface area (Å²) in [5.74, 6) is 0.743. The summed E-state index contributed by atoms with van der Waals surface area (Å²) in [6.45, 7) is 6.26. The van der Waals surface area contributed by atoms with Gasteiger partial charge in [0.25, 0.3) is 0 Å². The van der Waals surface area contributed by atoms with Crippen molar-refractivity contribution in [3.8, 4) is 0 Å². The van der Waals surface area contributed by atoms with Gasteiger partial charge in [-0.2, -0.15) is 0 Å². The van der Waals surface area contributed by atoms with E-state index in [1.165, 1.54) is 0 Å². The van der Waals surface area contributed by atoms with E-state index in [1.54, 1.807) is 0 Å². The molecular formula is C16H23BO. The van der Waals surface area contributed by atoms with Crippen molar-refractivity contribution in [3.05, 3.63) is 35.4 Å². The highest BCUT2D eigenvalue weighted by Crippen LogP contribution is 2.39. The van der Waals surface area contributed by atoms with E-state index in [0.717, 1.165) is 42.7 Å². The average Bonchev–Trinajstić information content (AvgIpc) is 2.32. The molecule has 1 nitrogen and oxygen atoms in total. The molecular weight excluding hydrogens is 219 g/mol. The Kier molecular flexibility index (Phi) is 3.59. The normalized spacial score (nSPS) is 29.2. The molecule has 2 rings (SSSR count). The Labute approximate surface area is 112 Å². The first-order valence-corrected chi connectivity index (χ1v) is 6.93. The van der Waals surface area contributed by atoms with Gasteiger partial charge in [0.1, 0.15) is 0 Å². The van der Waals surface area contributed by atoms with Gasteiger partial charge in [-0.15, -0.1) is 0 Å². The van der Waals surface area contributed by atoms with Crippen LogP contribution in [0.25, 0.3) is 0 Å². The molecule has 1 saturated carbocycles. The molecule has 0 saturated heterocycles. The molecule has 0 bridgehead atoms. The Morgan fingerprint density at radius 3 is 2.11 bits per heavy atom. The van der Waals surface area contributed by atoms with Crippen LogP contribution in [0, 0.1) is 5.92 Å². The number of benzene rings is 1. The van der Waals surface area contributed by atoms with Crippen LogP contribution in [0.2, 0.25) is 0 Å². The molecule has 18 heavy (non-hydrogen) atoms. The molecule has 0 atom stereocenters. The SMILES string of the molecule is [B]C(C)(C)c1ccc(C2(O)CCC(C)CC2)cc1. The van der Waals surface area contributed by atoms with E-state index in [-0.39, 0.29) is 5.31 Å². The van der Waals surface area contributed by atoms with Crippen molar-refractivity contribution < 1.29 is 5.11 Å². The second-order valence-corrected chi connectivity index (χ2v) is 6.51. The van der Waals surface area contributed by atoms with Crippen molar-refractivity contribution in [1.82, 2.24) is 0 Å². The fourth-order valence-electron chi connectivity index (χ4n) is 2.74. The summed E-state index contributed by atoms with van der Waals surface area (Å²) >= 11 is 0.